The summed E-state index contributed by atoms with van der Waals surface area (Å²) in [5.74, 6) is 0.388. The molecule has 0 aromatic heterocycles. The number of carbonyl (C=O) groups is 1. The third kappa shape index (κ3) is 2.71. The maximum Gasteiger partial charge on any atom is 0.240 e. The highest BCUT2D eigenvalue weighted by molar-refractivity contribution is 7.89. The molecular weight excluding hydrogens is 268 g/mol. The number of sulfonamides is 1. The minimum atomic E-state index is -3.54. The molecule has 1 aliphatic rings. The predicted molar refractivity (Wildman–Crippen MR) is 70.8 cm³/mol. The fraction of sp³-hybridized carbons (Fsp3) is 0.417. The van der Waals surface area contributed by atoms with Crippen LogP contribution < -0.4 is 14.4 Å². The maximum absolute atomic E-state index is 11.9. The normalized spacial score (nSPS) is 14.7. The number of fused-ring (bicyclic) bond motifs is 1. The van der Waals surface area contributed by atoms with Crippen molar-refractivity contribution in [2.75, 3.05) is 24.6 Å². The maximum atomic E-state index is 11.9. The number of anilines is 1. The van der Waals surface area contributed by atoms with Gasteiger partial charge in [0.15, 0.2) is 0 Å². The zero-order valence-electron chi connectivity index (χ0n) is 10.8. The summed E-state index contributed by atoms with van der Waals surface area (Å²) in [5.41, 5.74) is 0.498. The molecule has 1 aromatic carbocycles. The molecule has 6 nitrogen and oxygen atoms in total. The minimum absolute atomic E-state index is 0.129. The van der Waals surface area contributed by atoms with Crippen molar-refractivity contribution in [1.29, 1.82) is 0 Å². The predicted octanol–water partition coefficient (Wildman–Crippen LogP) is 0.730. The van der Waals surface area contributed by atoms with E-state index in [9.17, 15) is 13.2 Å². The van der Waals surface area contributed by atoms with Crippen molar-refractivity contribution in [2.24, 2.45) is 0 Å². The van der Waals surface area contributed by atoms with Crippen LogP contribution in [0.5, 0.6) is 5.75 Å². The summed E-state index contributed by atoms with van der Waals surface area (Å²) in [4.78, 5) is 13.2. The average Bonchev–Trinajstić information content (AvgIpc) is 2.37. The van der Waals surface area contributed by atoms with Crippen molar-refractivity contribution >= 4 is 21.6 Å². The van der Waals surface area contributed by atoms with Crippen molar-refractivity contribution in [1.82, 2.24) is 4.72 Å². The molecule has 0 atom stereocenters. The second kappa shape index (κ2) is 5.18. The summed E-state index contributed by atoms with van der Waals surface area (Å²) < 4.78 is 31.7. The standard InChI is InChI=1S/C12H16N2O4S/c1-3-13-19(16,17)10-4-5-12-11(8-10)14(9(2)15)6-7-18-12/h4-5,8,13H,3,6-7H2,1-2H3. The molecule has 0 bridgehead atoms. The van der Waals surface area contributed by atoms with Crippen LogP contribution in [0.15, 0.2) is 23.1 Å². The fourth-order valence-electron chi connectivity index (χ4n) is 1.97. The van der Waals surface area contributed by atoms with Gasteiger partial charge in [-0.2, -0.15) is 0 Å². The van der Waals surface area contributed by atoms with Gasteiger partial charge < -0.3 is 9.64 Å². The van der Waals surface area contributed by atoms with Crippen LogP contribution >= 0.6 is 0 Å². The summed E-state index contributed by atoms with van der Waals surface area (Å²) in [6.07, 6.45) is 0. The Hall–Kier alpha value is -1.60. The lowest BCUT2D eigenvalue weighted by Gasteiger charge is -2.29. The number of benzene rings is 1. The molecule has 0 radical (unpaired) electrons. The number of carbonyl (C=O) groups excluding carboxylic acids is 1. The van der Waals surface area contributed by atoms with Crippen molar-refractivity contribution in [3.8, 4) is 5.75 Å². The number of nitrogens with one attached hydrogen (secondary N) is 1. The highest BCUT2D eigenvalue weighted by Crippen LogP contribution is 2.33. The van der Waals surface area contributed by atoms with E-state index in [1.54, 1.807) is 13.0 Å². The van der Waals surface area contributed by atoms with Crippen LogP contribution in [-0.4, -0.2) is 34.0 Å². The average molecular weight is 284 g/mol. The van der Waals surface area contributed by atoms with Crippen LogP contribution in [0.25, 0.3) is 0 Å². The van der Waals surface area contributed by atoms with Gasteiger partial charge in [-0.05, 0) is 18.2 Å². The van der Waals surface area contributed by atoms with E-state index in [-0.39, 0.29) is 10.8 Å². The summed E-state index contributed by atoms with van der Waals surface area (Å²) in [7, 11) is -3.54. The van der Waals surface area contributed by atoms with Crippen LogP contribution in [0, 0.1) is 0 Å². The van der Waals surface area contributed by atoms with Crippen LogP contribution in [0.3, 0.4) is 0 Å². The second-order valence-corrected chi connectivity index (χ2v) is 5.92. The Bertz CT molecular complexity index is 598. The lowest BCUT2D eigenvalue weighted by Crippen LogP contribution is -2.36. The van der Waals surface area contributed by atoms with Gasteiger partial charge in [-0.1, -0.05) is 6.92 Å². The lowest BCUT2D eigenvalue weighted by atomic mass is 10.2. The smallest absolute Gasteiger partial charge is 0.240 e. The Morgan fingerprint density at radius 1 is 1.47 bits per heavy atom. The molecule has 0 saturated heterocycles. The van der Waals surface area contributed by atoms with Gasteiger partial charge in [-0.25, -0.2) is 13.1 Å². The lowest BCUT2D eigenvalue weighted by molar-refractivity contribution is -0.116. The van der Waals surface area contributed by atoms with Crippen LogP contribution in [-0.2, 0) is 14.8 Å². The van der Waals surface area contributed by atoms with Gasteiger partial charge >= 0.3 is 0 Å². The number of nitrogens with zero attached hydrogens (tertiary/aromatic N) is 1. The first-order chi connectivity index (χ1) is 8.95. The summed E-state index contributed by atoms with van der Waals surface area (Å²) in [6, 6.07) is 4.52. The van der Waals surface area contributed by atoms with Gasteiger partial charge in [-0.15, -0.1) is 0 Å². The summed E-state index contributed by atoms with van der Waals surface area (Å²) >= 11 is 0. The van der Waals surface area contributed by atoms with E-state index in [0.717, 1.165) is 0 Å². The van der Waals surface area contributed by atoms with Crippen LogP contribution in [0.1, 0.15) is 13.8 Å². The third-order valence-electron chi connectivity index (χ3n) is 2.82. The first kappa shape index (κ1) is 13.8. The Labute approximate surface area is 112 Å². The summed E-state index contributed by atoms with van der Waals surface area (Å²) in [5, 5.41) is 0. The molecule has 1 aromatic rings. The van der Waals surface area contributed by atoms with Crippen molar-refractivity contribution in [3.05, 3.63) is 18.2 Å². The molecule has 2 rings (SSSR count). The van der Waals surface area contributed by atoms with Gasteiger partial charge in [0.2, 0.25) is 15.9 Å². The Balaban J connectivity index is 2.47. The van der Waals surface area contributed by atoms with Gasteiger partial charge in [-0.3, -0.25) is 4.79 Å². The molecule has 1 amide bonds. The van der Waals surface area contributed by atoms with E-state index < -0.39 is 10.0 Å². The first-order valence-electron chi connectivity index (χ1n) is 6.00. The molecule has 19 heavy (non-hydrogen) atoms. The van der Waals surface area contributed by atoms with Crippen molar-refractivity contribution < 1.29 is 17.9 Å². The number of hydrogen-bond donors (Lipinski definition) is 1. The third-order valence-corrected chi connectivity index (χ3v) is 4.36. The van der Waals surface area contributed by atoms with Gasteiger partial charge in [0.25, 0.3) is 0 Å². The zero-order chi connectivity index (χ0) is 14.0. The van der Waals surface area contributed by atoms with Gasteiger partial charge in [0, 0.05) is 13.5 Å². The SMILES string of the molecule is CCNS(=O)(=O)c1ccc2c(c1)N(C(C)=O)CCO2. The van der Waals surface area contributed by atoms with Crippen LogP contribution in [0.2, 0.25) is 0 Å². The largest absolute Gasteiger partial charge is 0.490 e. The van der Waals surface area contributed by atoms with E-state index in [1.165, 1.54) is 24.0 Å². The molecule has 0 unspecified atom stereocenters. The first-order valence-corrected chi connectivity index (χ1v) is 7.48. The Morgan fingerprint density at radius 3 is 2.84 bits per heavy atom. The van der Waals surface area contributed by atoms with E-state index in [1.807, 2.05) is 0 Å². The molecule has 0 aliphatic carbocycles. The van der Waals surface area contributed by atoms with Gasteiger partial charge in [0.1, 0.15) is 12.4 Å². The number of hydrogen-bond acceptors (Lipinski definition) is 4. The molecule has 0 saturated carbocycles. The molecule has 104 valence electrons. The fourth-order valence-corrected chi connectivity index (χ4v) is 3.03. The van der Waals surface area contributed by atoms with Gasteiger partial charge in [0.05, 0.1) is 17.1 Å². The Kier molecular flexibility index (Phi) is 3.77. The quantitative estimate of drug-likeness (QED) is 0.888. The topological polar surface area (TPSA) is 75.7 Å². The van der Waals surface area contributed by atoms with Crippen LogP contribution in [0.4, 0.5) is 5.69 Å². The monoisotopic (exact) mass is 284 g/mol. The van der Waals surface area contributed by atoms with E-state index in [0.29, 0.717) is 31.1 Å². The molecule has 1 aliphatic heterocycles. The number of rotatable bonds is 3. The highest BCUT2D eigenvalue weighted by atomic mass is 32.2. The second-order valence-electron chi connectivity index (χ2n) is 4.15. The minimum Gasteiger partial charge on any atom is -0.490 e. The Morgan fingerprint density at radius 2 is 2.21 bits per heavy atom. The molecule has 7 heteroatoms. The van der Waals surface area contributed by atoms with E-state index >= 15 is 0 Å². The number of amides is 1. The molecule has 0 fully saturated rings. The van der Waals surface area contributed by atoms with E-state index in [2.05, 4.69) is 4.72 Å². The highest BCUT2D eigenvalue weighted by Gasteiger charge is 2.24. The summed E-state index contributed by atoms with van der Waals surface area (Å²) in [6.45, 7) is 4.30. The van der Waals surface area contributed by atoms with E-state index in [4.69, 9.17) is 4.74 Å². The van der Waals surface area contributed by atoms with Crippen molar-refractivity contribution in [3.63, 3.8) is 0 Å². The molecule has 0 spiro atoms. The molecule has 1 heterocycles. The molecular formula is C12H16N2O4S. The zero-order valence-corrected chi connectivity index (χ0v) is 11.7. The molecule has 1 N–H and O–H groups in total. The van der Waals surface area contributed by atoms with Crippen molar-refractivity contribution in [2.45, 2.75) is 18.7 Å². The number of ether oxygens (including phenoxy) is 1.